The number of carbonyl (C=O) groups is 1. The number of alkyl halides is 3. The highest BCUT2D eigenvalue weighted by atomic mass is 19.4. The Morgan fingerprint density at radius 3 is 2.78 bits per heavy atom. The fourth-order valence-corrected chi connectivity index (χ4v) is 2.87. The van der Waals surface area contributed by atoms with Gasteiger partial charge in [-0.15, -0.1) is 0 Å². The van der Waals surface area contributed by atoms with Crippen LogP contribution in [0.4, 0.5) is 13.2 Å². The minimum atomic E-state index is -4.64. The van der Waals surface area contributed by atoms with E-state index in [1.54, 1.807) is 12.1 Å². The molecule has 1 aliphatic heterocycles. The van der Waals surface area contributed by atoms with Crippen LogP contribution in [0.3, 0.4) is 0 Å². The molecular weight excluding hydrogens is 311 g/mol. The monoisotopic (exact) mass is 327 g/mol. The fraction of sp³-hybridized carbons (Fsp3) is 0.467. The third kappa shape index (κ3) is 3.17. The summed E-state index contributed by atoms with van der Waals surface area (Å²) in [7, 11) is 0. The minimum Gasteiger partial charge on any atom is -0.391 e. The quantitative estimate of drug-likeness (QED) is 0.918. The molecule has 8 heteroatoms. The van der Waals surface area contributed by atoms with Crippen molar-refractivity contribution in [2.75, 3.05) is 13.1 Å². The van der Waals surface area contributed by atoms with Crippen molar-refractivity contribution < 1.29 is 23.1 Å². The number of aliphatic hydroxyl groups is 1. The van der Waals surface area contributed by atoms with Gasteiger partial charge in [-0.05, 0) is 25.0 Å². The van der Waals surface area contributed by atoms with Gasteiger partial charge in [0.1, 0.15) is 6.54 Å². The number of fused-ring (bicyclic) bond motifs is 1. The Hall–Kier alpha value is -2.09. The summed E-state index contributed by atoms with van der Waals surface area (Å²) in [4.78, 5) is 17.4. The summed E-state index contributed by atoms with van der Waals surface area (Å²) in [6, 6.07) is 6.20. The third-order valence-corrected chi connectivity index (χ3v) is 3.95. The molecule has 0 radical (unpaired) electrons. The van der Waals surface area contributed by atoms with Gasteiger partial charge < -0.3 is 14.6 Å². The number of hydrogen-bond donors (Lipinski definition) is 1. The second-order valence-corrected chi connectivity index (χ2v) is 5.64. The van der Waals surface area contributed by atoms with Crippen LogP contribution in [0.1, 0.15) is 18.7 Å². The predicted molar refractivity (Wildman–Crippen MR) is 76.6 cm³/mol. The highest BCUT2D eigenvalue weighted by Crippen LogP contribution is 2.31. The molecule has 1 aromatic heterocycles. The molecule has 0 bridgehead atoms. The lowest BCUT2D eigenvalue weighted by molar-refractivity contribution is -0.148. The van der Waals surface area contributed by atoms with E-state index < -0.39 is 30.6 Å². The minimum absolute atomic E-state index is 0.160. The van der Waals surface area contributed by atoms with Gasteiger partial charge in [-0.1, -0.05) is 12.1 Å². The van der Waals surface area contributed by atoms with Gasteiger partial charge in [0.15, 0.2) is 0 Å². The molecule has 1 fully saturated rings. The second kappa shape index (κ2) is 5.84. The molecule has 2 aromatic rings. The first-order valence-electron chi connectivity index (χ1n) is 7.34. The summed E-state index contributed by atoms with van der Waals surface area (Å²) in [5.74, 6) is -1.53. The highest BCUT2D eigenvalue weighted by Gasteiger charge is 2.38. The van der Waals surface area contributed by atoms with Crippen LogP contribution in [0.5, 0.6) is 0 Å². The molecular formula is C15H16F3N3O2. The number of imidazole rings is 1. The first-order chi connectivity index (χ1) is 10.9. The molecule has 0 spiro atoms. The van der Waals surface area contributed by atoms with Gasteiger partial charge in [0.2, 0.25) is 11.7 Å². The Morgan fingerprint density at radius 1 is 1.35 bits per heavy atom. The van der Waals surface area contributed by atoms with E-state index in [0.717, 1.165) is 4.57 Å². The van der Waals surface area contributed by atoms with Crippen molar-refractivity contribution in [1.29, 1.82) is 0 Å². The molecule has 1 saturated heterocycles. The molecule has 1 N–H and O–H groups in total. The summed E-state index contributed by atoms with van der Waals surface area (Å²) in [5.41, 5.74) is 0.469. The Balaban J connectivity index is 1.93. The average Bonchev–Trinajstić information content (AvgIpc) is 2.86. The zero-order chi connectivity index (χ0) is 16.6. The van der Waals surface area contributed by atoms with Gasteiger partial charge in [-0.2, -0.15) is 13.2 Å². The van der Waals surface area contributed by atoms with Gasteiger partial charge in [0, 0.05) is 13.1 Å². The van der Waals surface area contributed by atoms with Gasteiger partial charge in [0.05, 0.1) is 17.1 Å². The summed E-state index contributed by atoms with van der Waals surface area (Å²) < 4.78 is 40.5. The predicted octanol–water partition coefficient (Wildman–Crippen LogP) is 2.04. The van der Waals surface area contributed by atoms with Crippen LogP contribution in [-0.4, -0.2) is 44.7 Å². The van der Waals surface area contributed by atoms with Gasteiger partial charge in [0.25, 0.3) is 0 Å². The lowest BCUT2D eigenvalue weighted by Crippen LogP contribution is -2.43. The zero-order valence-corrected chi connectivity index (χ0v) is 12.3. The van der Waals surface area contributed by atoms with E-state index in [-0.39, 0.29) is 17.6 Å². The molecule has 23 heavy (non-hydrogen) atoms. The summed E-state index contributed by atoms with van der Waals surface area (Å²) >= 11 is 0. The van der Waals surface area contributed by atoms with Gasteiger partial charge in [-0.25, -0.2) is 4.98 Å². The normalized spacial score (nSPS) is 19.3. The number of aliphatic hydroxyl groups excluding tert-OH is 1. The number of halogens is 3. The topological polar surface area (TPSA) is 58.4 Å². The maximum atomic E-state index is 13.2. The average molecular weight is 327 g/mol. The SMILES string of the molecule is O=C(Cn1c(C(F)(F)F)nc2ccccc21)N1CCC[C@H](O)C1. The second-order valence-electron chi connectivity index (χ2n) is 5.64. The van der Waals surface area contributed by atoms with Crippen molar-refractivity contribution in [3.63, 3.8) is 0 Å². The molecule has 0 unspecified atom stereocenters. The number of hydrogen-bond acceptors (Lipinski definition) is 3. The summed E-state index contributed by atoms with van der Waals surface area (Å²) in [5, 5.41) is 9.62. The zero-order valence-electron chi connectivity index (χ0n) is 12.3. The van der Waals surface area contributed by atoms with Crippen LogP contribution in [-0.2, 0) is 17.5 Å². The van der Waals surface area contributed by atoms with Crippen molar-refractivity contribution in [3.05, 3.63) is 30.1 Å². The number of nitrogens with zero attached hydrogens (tertiary/aromatic N) is 3. The number of para-hydroxylation sites is 2. The van der Waals surface area contributed by atoms with E-state index in [1.807, 2.05) is 0 Å². The molecule has 1 atom stereocenters. The molecule has 1 aliphatic rings. The number of likely N-dealkylation sites (tertiary alicyclic amines) is 1. The van der Waals surface area contributed by atoms with Crippen LogP contribution >= 0.6 is 0 Å². The molecule has 1 aromatic carbocycles. The van der Waals surface area contributed by atoms with Crippen LogP contribution in [0.2, 0.25) is 0 Å². The van der Waals surface area contributed by atoms with Crippen molar-refractivity contribution in [1.82, 2.24) is 14.5 Å². The first-order valence-corrected chi connectivity index (χ1v) is 7.34. The van der Waals surface area contributed by atoms with E-state index in [0.29, 0.717) is 19.4 Å². The number of benzene rings is 1. The maximum absolute atomic E-state index is 13.2. The van der Waals surface area contributed by atoms with Crippen molar-refractivity contribution in [2.24, 2.45) is 0 Å². The smallest absolute Gasteiger partial charge is 0.391 e. The van der Waals surface area contributed by atoms with Gasteiger partial charge >= 0.3 is 6.18 Å². The van der Waals surface area contributed by atoms with E-state index in [4.69, 9.17) is 0 Å². The Morgan fingerprint density at radius 2 is 2.09 bits per heavy atom. The number of piperidine rings is 1. The van der Waals surface area contributed by atoms with Crippen molar-refractivity contribution >= 4 is 16.9 Å². The lowest BCUT2D eigenvalue weighted by Gasteiger charge is -2.30. The molecule has 1 amide bonds. The molecule has 124 valence electrons. The third-order valence-electron chi connectivity index (χ3n) is 3.95. The molecule has 2 heterocycles. The van der Waals surface area contributed by atoms with Crippen molar-refractivity contribution in [3.8, 4) is 0 Å². The summed E-state index contributed by atoms with van der Waals surface area (Å²) in [6.07, 6.45) is -4.01. The van der Waals surface area contributed by atoms with E-state index in [9.17, 15) is 23.1 Å². The van der Waals surface area contributed by atoms with E-state index in [2.05, 4.69) is 4.98 Å². The molecule has 3 rings (SSSR count). The fourth-order valence-electron chi connectivity index (χ4n) is 2.87. The summed E-state index contributed by atoms with van der Waals surface area (Å²) in [6.45, 7) is 0.165. The number of amides is 1. The number of β-amino-alcohol motifs (C(OH)–C–C–N with tert-alkyl or cyclic N) is 1. The van der Waals surface area contributed by atoms with Crippen LogP contribution in [0.25, 0.3) is 11.0 Å². The Bertz CT molecular complexity index is 726. The van der Waals surface area contributed by atoms with Crippen LogP contribution in [0.15, 0.2) is 24.3 Å². The van der Waals surface area contributed by atoms with Crippen LogP contribution < -0.4 is 0 Å². The standard InChI is InChI=1S/C15H16F3N3O2/c16-15(17,18)14-19-11-5-1-2-6-12(11)21(14)9-13(23)20-7-3-4-10(22)8-20/h1-2,5-6,10,22H,3-4,7-9H2/t10-/m0/s1. The Kier molecular flexibility index (Phi) is 4.01. The van der Waals surface area contributed by atoms with E-state index in [1.165, 1.54) is 17.0 Å². The first kappa shape index (κ1) is 15.8. The van der Waals surface area contributed by atoms with Crippen LogP contribution in [0, 0.1) is 0 Å². The van der Waals surface area contributed by atoms with E-state index >= 15 is 0 Å². The largest absolute Gasteiger partial charge is 0.449 e. The van der Waals surface area contributed by atoms with Gasteiger partial charge in [-0.3, -0.25) is 4.79 Å². The number of aromatic nitrogens is 2. The maximum Gasteiger partial charge on any atom is 0.449 e. The lowest BCUT2D eigenvalue weighted by atomic mass is 10.1. The number of carbonyl (C=O) groups excluding carboxylic acids is 1. The molecule has 0 aliphatic carbocycles. The van der Waals surface area contributed by atoms with Crippen molar-refractivity contribution in [2.45, 2.75) is 31.7 Å². The molecule has 0 saturated carbocycles. The highest BCUT2D eigenvalue weighted by molar-refractivity contribution is 5.81. The molecule has 5 nitrogen and oxygen atoms in total. The number of rotatable bonds is 2. The Labute approximate surface area is 130 Å².